The molecule has 3 unspecified atom stereocenters. The topological polar surface area (TPSA) is 115 Å². The molecular formula is C30H35N7O2. The number of pyridine rings is 1. The van der Waals surface area contributed by atoms with Gasteiger partial charge in [-0.2, -0.15) is 0 Å². The number of benzene rings is 1. The lowest BCUT2D eigenvalue weighted by atomic mass is 10.0. The largest absolute Gasteiger partial charge is 0.507 e. The minimum absolute atomic E-state index is 0.174. The summed E-state index contributed by atoms with van der Waals surface area (Å²) in [6.45, 7) is 3.50. The lowest BCUT2D eigenvalue weighted by Crippen LogP contribution is -2.54. The number of hydrogen-bond acceptors (Lipinski definition) is 9. The first-order valence-electron chi connectivity index (χ1n) is 13.9. The minimum Gasteiger partial charge on any atom is -0.507 e. The summed E-state index contributed by atoms with van der Waals surface area (Å²) >= 11 is 0. The first-order valence-corrected chi connectivity index (χ1v) is 13.9. The van der Waals surface area contributed by atoms with Crippen molar-refractivity contribution in [3.8, 4) is 28.8 Å². The van der Waals surface area contributed by atoms with E-state index in [2.05, 4.69) is 53.9 Å². The number of para-hydroxylation sites is 1. The Kier molecular flexibility index (Phi) is 7.22. The van der Waals surface area contributed by atoms with E-state index >= 15 is 0 Å². The van der Waals surface area contributed by atoms with Crippen molar-refractivity contribution < 1.29 is 10.2 Å². The molecule has 1 aromatic carbocycles. The van der Waals surface area contributed by atoms with Crippen LogP contribution in [0.2, 0.25) is 0 Å². The molecule has 0 spiro atoms. The molecule has 3 fully saturated rings. The number of piperidine rings is 1. The van der Waals surface area contributed by atoms with Gasteiger partial charge in [0.15, 0.2) is 5.82 Å². The predicted molar refractivity (Wildman–Crippen MR) is 152 cm³/mol. The number of hydrogen-bond donors (Lipinski definition) is 3. The highest BCUT2D eigenvalue weighted by molar-refractivity contribution is 5.74. The average molecular weight is 526 g/mol. The van der Waals surface area contributed by atoms with Crippen LogP contribution < -0.4 is 15.5 Å². The number of likely N-dealkylation sites (tertiary alicyclic amines) is 1. The summed E-state index contributed by atoms with van der Waals surface area (Å²) < 4.78 is 0. The number of aliphatic hydroxyl groups is 1. The Balaban J connectivity index is 1.17. The van der Waals surface area contributed by atoms with E-state index in [0.717, 1.165) is 62.4 Å². The quantitative estimate of drug-likeness (QED) is 0.433. The zero-order chi connectivity index (χ0) is 26.8. The minimum atomic E-state index is 0.174. The maximum Gasteiger partial charge on any atom is 0.169 e. The van der Waals surface area contributed by atoms with Gasteiger partial charge >= 0.3 is 0 Å². The van der Waals surface area contributed by atoms with Crippen LogP contribution in [0.15, 0.2) is 48.7 Å². The van der Waals surface area contributed by atoms with Crippen molar-refractivity contribution in [1.29, 1.82) is 0 Å². The van der Waals surface area contributed by atoms with E-state index in [1.54, 1.807) is 12.1 Å². The van der Waals surface area contributed by atoms with Crippen molar-refractivity contribution in [2.45, 2.75) is 50.2 Å². The number of aromatic hydroxyl groups is 1. The Morgan fingerprint density at radius 1 is 1.00 bits per heavy atom. The fourth-order valence-corrected chi connectivity index (χ4v) is 6.34. The number of rotatable bonds is 5. The van der Waals surface area contributed by atoms with Crippen LogP contribution in [0.4, 0.5) is 17.2 Å². The van der Waals surface area contributed by atoms with Crippen LogP contribution in [0.3, 0.4) is 0 Å². The van der Waals surface area contributed by atoms with Crippen molar-refractivity contribution in [3.63, 3.8) is 0 Å². The molecule has 3 aromatic rings. The second kappa shape index (κ2) is 11.1. The van der Waals surface area contributed by atoms with Gasteiger partial charge in [0.05, 0.1) is 24.5 Å². The maximum absolute atomic E-state index is 10.3. The molecule has 2 aromatic heterocycles. The van der Waals surface area contributed by atoms with Gasteiger partial charge in [-0.25, -0.2) is 4.98 Å². The summed E-state index contributed by atoms with van der Waals surface area (Å²) in [6, 6.07) is 14.2. The molecule has 9 nitrogen and oxygen atoms in total. The van der Waals surface area contributed by atoms with Crippen molar-refractivity contribution in [2.75, 3.05) is 48.3 Å². The molecule has 5 heterocycles. The predicted octanol–water partition coefficient (Wildman–Crippen LogP) is 2.88. The second-order valence-corrected chi connectivity index (χ2v) is 10.7. The van der Waals surface area contributed by atoms with Crippen LogP contribution in [-0.2, 0) is 0 Å². The number of nitrogens with two attached hydrogens (primary N) is 1. The first-order chi connectivity index (χ1) is 19.1. The van der Waals surface area contributed by atoms with Crippen molar-refractivity contribution in [3.05, 3.63) is 54.4 Å². The molecule has 9 heteroatoms. The lowest BCUT2D eigenvalue weighted by Gasteiger charge is -2.43. The van der Waals surface area contributed by atoms with E-state index in [4.69, 9.17) is 5.73 Å². The highest BCUT2D eigenvalue weighted by atomic mass is 16.3. The first kappa shape index (κ1) is 25.4. The smallest absolute Gasteiger partial charge is 0.169 e. The molecule has 202 valence electrons. The Morgan fingerprint density at radius 2 is 1.82 bits per heavy atom. The van der Waals surface area contributed by atoms with Gasteiger partial charge in [0.2, 0.25) is 0 Å². The number of nitrogens with zero attached hydrogens (tertiary/aromatic N) is 6. The standard InChI is InChI=1S/C30H35N7O2/c31-30-28(17-27(33-34-30)26-8-1-2-9-29(26)39)36-18-23-10-11-24(19-36)37(23)22-12-13-32-21(16-22)6-5-15-35-14-4-3-7-25(35)20-38/h1-2,8-9,12-13,16-17,23-25,38-39H,3-4,7,10-11,14-15,18-20H2,(H2,31,34). The molecule has 2 bridgehead atoms. The van der Waals surface area contributed by atoms with E-state index in [0.29, 0.717) is 35.7 Å². The summed E-state index contributed by atoms with van der Waals surface area (Å²) in [7, 11) is 0. The van der Waals surface area contributed by atoms with E-state index in [1.165, 1.54) is 6.42 Å². The van der Waals surface area contributed by atoms with Gasteiger partial charge in [0.25, 0.3) is 0 Å². The summed E-state index contributed by atoms with van der Waals surface area (Å²) in [5.41, 5.74) is 10.3. The number of phenols is 1. The fourth-order valence-electron chi connectivity index (χ4n) is 6.34. The van der Waals surface area contributed by atoms with Gasteiger partial charge in [-0.1, -0.05) is 24.5 Å². The Labute approximate surface area is 229 Å². The monoisotopic (exact) mass is 525 g/mol. The highest BCUT2D eigenvalue weighted by Crippen LogP contribution is 2.39. The third kappa shape index (κ3) is 5.22. The molecule has 39 heavy (non-hydrogen) atoms. The number of fused-ring (bicyclic) bond motifs is 2. The molecule has 0 saturated carbocycles. The average Bonchev–Trinajstić information content (AvgIpc) is 3.23. The molecule has 0 radical (unpaired) electrons. The molecule has 0 amide bonds. The Morgan fingerprint density at radius 3 is 2.62 bits per heavy atom. The summed E-state index contributed by atoms with van der Waals surface area (Å²) in [5, 5.41) is 28.4. The third-order valence-corrected chi connectivity index (χ3v) is 8.30. The molecule has 3 atom stereocenters. The van der Waals surface area contributed by atoms with Crippen LogP contribution in [0, 0.1) is 11.8 Å². The van der Waals surface area contributed by atoms with Crippen molar-refractivity contribution in [2.24, 2.45) is 0 Å². The number of nitrogen functional groups attached to an aromatic ring is 1. The van der Waals surface area contributed by atoms with Gasteiger partial charge in [-0.15, -0.1) is 10.2 Å². The third-order valence-electron chi connectivity index (χ3n) is 8.30. The molecular weight excluding hydrogens is 490 g/mol. The van der Waals surface area contributed by atoms with E-state index in [9.17, 15) is 10.2 Å². The van der Waals surface area contributed by atoms with Gasteiger partial charge in [0, 0.05) is 48.7 Å². The van der Waals surface area contributed by atoms with Crippen LogP contribution in [0.1, 0.15) is 37.8 Å². The zero-order valence-electron chi connectivity index (χ0n) is 22.1. The van der Waals surface area contributed by atoms with Crippen molar-refractivity contribution >= 4 is 17.2 Å². The van der Waals surface area contributed by atoms with E-state index in [-0.39, 0.29) is 18.4 Å². The summed E-state index contributed by atoms with van der Waals surface area (Å²) in [4.78, 5) is 11.6. The molecule has 0 aliphatic carbocycles. The van der Waals surface area contributed by atoms with Gasteiger partial charge in [0.1, 0.15) is 11.4 Å². The number of aliphatic hydroxyl groups excluding tert-OH is 1. The molecule has 6 rings (SSSR count). The molecule has 3 aliphatic heterocycles. The number of piperazine rings is 1. The Bertz CT molecular complexity index is 1370. The normalized spacial score (nSPS) is 22.9. The van der Waals surface area contributed by atoms with E-state index < -0.39 is 0 Å². The Hall–Kier alpha value is -3.87. The molecule has 3 saturated heterocycles. The maximum atomic E-state index is 10.3. The zero-order valence-corrected chi connectivity index (χ0v) is 22.1. The number of anilines is 3. The van der Waals surface area contributed by atoms with E-state index in [1.807, 2.05) is 24.4 Å². The fraction of sp³-hybridized carbons (Fsp3) is 0.433. The van der Waals surface area contributed by atoms with Gasteiger partial charge < -0.3 is 25.7 Å². The van der Waals surface area contributed by atoms with Crippen molar-refractivity contribution in [1.82, 2.24) is 20.1 Å². The molecule has 4 N–H and O–H groups in total. The summed E-state index contributed by atoms with van der Waals surface area (Å²) in [5.74, 6) is 7.13. The number of aromatic nitrogens is 3. The van der Waals surface area contributed by atoms with Crippen LogP contribution in [-0.4, -0.2) is 81.2 Å². The van der Waals surface area contributed by atoms with Crippen LogP contribution in [0.5, 0.6) is 5.75 Å². The SMILES string of the molecule is Nc1nnc(-c2ccccc2O)cc1N1CC2CCC(C1)N2c1ccnc(C#CCN2CCCCC2CO)c1. The van der Waals surface area contributed by atoms with Crippen LogP contribution in [0.25, 0.3) is 11.3 Å². The second-order valence-electron chi connectivity index (χ2n) is 10.7. The van der Waals surface area contributed by atoms with Crippen LogP contribution >= 0.6 is 0 Å². The number of phenolic OH excluding ortho intramolecular Hbond substituents is 1. The van der Waals surface area contributed by atoms with Gasteiger partial charge in [-0.3, -0.25) is 4.90 Å². The highest BCUT2D eigenvalue weighted by Gasteiger charge is 2.40. The lowest BCUT2D eigenvalue weighted by molar-refractivity contribution is 0.103. The molecule has 3 aliphatic rings. The van der Waals surface area contributed by atoms with Gasteiger partial charge in [-0.05, 0) is 68.5 Å². The summed E-state index contributed by atoms with van der Waals surface area (Å²) in [6.07, 6.45) is 7.44.